The highest BCUT2D eigenvalue weighted by Crippen LogP contribution is 2.44. The molecule has 0 atom stereocenters. The van der Waals surface area contributed by atoms with Crippen LogP contribution in [0.15, 0.2) is 0 Å². The number of carbonyl (C=O) groups is 1. The quantitative estimate of drug-likeness (QED) is 0.670. The van der Waals surface area contributed by atoms with E-state index in [1.54, 1.807) is 6.92 Å². The molecule has 3 heteroatoms. The largest absolute Gasteiger partial charge is 0.297 e. The van der Waals surface area contributed by atoms with Gasteiger partial charge in [-0.25, -0.2) is 0 Å². The maximum absolute atomic E-state index is 11.0. The van der Waals surface area contributed by atoms with E-state index >= 15 is 0 Å². The van der Waals surface area contributed by atoms with Crippen LogP contribution >= 0.6 is 31.9 Å². The number of carbonyl (C=O) groups excluding carboxylic acids is 1. The third-order valence-corrected chi connectivity index (χ3v) is 4.88. The monoisotopic (exact) mass is 270 g/mol. The van der Waals surface area contributed by atoms with Crippen LogP contribution in [-0.4, -0.2) is 9.02 Å². The van der Waals surface area contributed by atoms with Crippen molar-refractivity contribution in [1.29, 1.82) is 0 Å². The highest BCUT2D eigenvalue weighted by molar-refractivity contribution is 9.26. The zero-order chi connectivity index (χ0) is 8.58. The van der Waals surface area contributed by atoms with Crippen LogP contribution in [0.1, 0.15) is 27.7 Å². The van der Waals surface area contributed by atoms with Crippen LogP contribution in [0, 0.1) is 5.41 Å². The van der Waals surface area contributed by atoms with E-state index in [1.165, 1.54) is 0 Å². The predicted octanol–water partition coefficient (Wildman–Crippen LogP) is 3.11. The van der Waals surface area contributed by atoms with Crippen molar-refractivity contribution in [3.8, 4) is 0 Å². The van der Waals surface area contributed by atoms with Crippen LogP contribution in [0.3, 0.4) is 0 Å². The molecule has 0 aliphatic heterocycles. The summed E-state index contributed by atoms with van der Waals surface area (Å²) >= 11 is 6.67. The first-order chi connectivity index (χ1) is 4.19. The molecular weight excluding hydrogens is 260 g/mol. The van der Waals surface area contributed by atoms with Crippen LogP contribution in [-0.2, 0) is 4.79 Å². The van der Waals surface area contributed by atoms with Gasteiger partial charge in [0.15, 0.2) is 5.78 Å². The van der Waals surface area contributed by atoms with E-state index in [-0.39, 0.29) is 11.2 Å². The molecule has 10 heavy (non-hydrogen) atoms. The molecule has 0 radical (unpaired) electrons. The first-order valence-corrected chi connectivity index (χ1v) is 4.67. The predicted molar refractivity (Wildman–Crippen MR) is 50.7 cm³/mol. The van der Waals surface area contributed by atoms with Crippen LogP contribution in [0.2, 0.25) is 0 Å². The molecule has 0 saturated heterocycles. The van der Waals surface area contributed by atoms with Crippen LogP contribution < -0.4 is 0 Å². The van der Waals surface area contributed by atoms with Crippen LogP contribution in [0.5, 0.6) is 0 Å². The molecular formula is C7H12Br2O. The Morgan fingerprint density at radius 2 is 1.50 bits per heavy atom. The fourth-order valence-electron chi connectivity index (χ4n) is 0.528. The molecule has 0 N–H and O–H groups in total. The molecule has 0 aromatic heterocycles. The van der Waals surface area contributed by atoms with Crippen molar-refractivity contribution in [2.24, 2.45) is 5.41 Å². The van der Waals surface area contributed by atoms with Gasteiger partial charge >= 0.3 is 0 Å². The summed E-state index contributed by atoms with van der Waals surface area (Å²) in [7, 11) is 0. The van der Waals surface area contributed by atoms with Gasteiger partial charge in [0.25, 0.3) is 0 Å². The second-order valence-electron chi connectivity index (χ2n) is 3.38. The van der Waals surface area contributed by atoms with Crippen molar-refractivity contribution >= 4 is 37.6 Å². The lowest BCUT2D eigenvalue weighted by molar-refractivity contribution is -0.118. The number of rotatable bonds is 1. The van der Waals surface area contributed by atoms with Crippen molar-refractivity contribution in [2.45, 2.75) is 30.9 Å². The van der Waals surface area contributed by atoms with Gasteiger partial charge in [0.1, 0.15) is 3.23 Å². The van der Waals surface area contributed by atoms with Gasteiger partial charge in [-0.15, -0.1) is 0 Å². The molecule has 0 aromatic carbocycles. The Morgan fingerprint density at radius 1 is 1.20 bits per heavy atom. The van der Waals surface area contributed by atoms with Gasteiger partial charge in [0.2, 0.25) is 0 Å². The van der Waals surface area contributed by atoms with Gasteiger partial charge in [-0.3, -0.25) is 4.79 Å². The highest BCUT2D eigenvalue weighted by atomic mass is 79.9. The summed E-state index contributed by atoms with van der Waals surface area (Å²) in [6, 6.07) is 0. The minimum atomic E-state index is -0.576. The molecule has 0 amide bonds. The van der Waals surface area contributed by atoms with E-state index in [9.17, 15) is 4.79 Å². The van der Waals surface area contributed by atoms with E-state index in [2.05, 4.69) is 31.9 Å². The highest BCUT2D eigenvalue weighted by Gasteiger charge is 2.41. The van der Waals surface area contributed by atoms with Crippen molar-refractivity contribution in [3.63, 3.8) is 0 Å². The third kappa shape index (κ3) is 2.06. The number of hydrogen-bond acceptors (Lipinski definition) is 1. The Hall–Kier alpha value is 0.630. The number of ketones is 1. The lowest BCUT2D eigenvalue weighted by Gasteiger charge is -2.32. The number of hydrogen-bond donors (Lipinski definition) is 0. The Balaban J connectivity index is 4.57. The third-order valence-electron chi connectivity index (χ3n) is 1.38. The van der Waals surface area contributed by atoms with Gasteiger partial charge in [-0.2, -0.15) is 0 Å². The summed E-state index contributed by atoms with van der Waals surface area (Å²) < 4.78 is -0.576. The van der Waals surface area contributed by atoms with E-state index in [1.807, 2.05) is 20.8 Å². The normalized spacial score (nSPS) is 13.4. The van der Waals surface area contributed by atoms with Crippen LogP contribution in [0.4, 0.5) is 0 Å². The van der Waals surface area contributed by atoms with E-state index in [0.29, 0.717) is 0 Å². The standard InChI is InChI=1S/C7H12Br2O/c1-5(10)7(8,9)6(2,3)4/h1-4H3. The molecule has 60 valence electrons. The molecule has 0 aliphatic carbocycles. The summed E-state index contributed by atoms with van der Waals surface area (Å²) in [5.74, 6) is 0.0972. The Morgan fingerprint density at radius 3 is 1.50 bits per heavy atom. The molecule has 0 fully saturated rings. The average Bonchev–Trinajstić information content (AvgIpc) is 1.62. The van der Waals surface area contributed by atoms with Gasteiger partial charge in [-0.05, 0) is 12.3 Å². The van der Waals surface area contributed by atoms with Gasteiger partial charge in [-0.1, -0.05) is 52.6 Å². The second kappa shape index (κ2) is 2.94. The van der Waals surface area contributed by atoms with Crippen LogP contribution in [0.25, 0.3) is 0 Å². The number of alkyl halides is 2. The second-order valence-corrected chi connectivity index (χ2v) is 6.82. The van der Waals surface area contributed by atoms with E-state index in [0.717, 1.165) is 0 Å². The molecule has 1 nitrogen and oxygen atoms in total. The topological polar surface area (TPSA) is 17.1 Å². The Bertz CT molecular complexity index is 144. The maximum atomic E-state index is 11.0. The molecule has 0 heterocycles. The minimum Gasteiger partial charge on any atom is -0.297 e. The zero-order valence-electron chi connectivity index (χ0n) is 6.66. The molecule has 0 spiro atoms. The molecule has 0 aromatic rings. The molecule has 0 unspecified atom stereocenters. The molecule has 0 rings (SSSR count). The lowest BCUT2D eigenvalue weighted by Crippen LogP contribution is -2.36. The van der Waals surface area contributed by atoms with Gasteiger partial charge in [0.05, 0.1) is 0 Å². The van der Waals surface area contributed by atoms with Crippen molar-refractivity contribution < 1.29 is 4.79 Å². The first-order valence-electron chi connectivity index (χ1n) is 3.08. The van der Waals surface area contributed by atoms with E-state index in [4.69, 9.17) is 0 Å². The first kappa shape index (κ1) is 10.6. The zero-order valence-corrected chi connectivity index (χ0v) is 9.84. The maximum Gasteiger partial charge on any atom is 0.157 e. The summed E-state index contributed by atoms with van der Waals surface area (Å²) in [4.78, 5) is 11.0. The fourth-order valence-corrected chi connectivity index (χ4v) is 0.528. The molecule has 0 aliphatic rings. The Labute approximate surface area is 78.8 Å². The van der Waals surface area contributed by atoms with Crippen molar-refractivity contribution in [2.75, 3.05) is 0 Å². The molecule has 0 saturated carbocycles. The SMILES string of the molecule is CC(=O)C(Br)(Br)C(C)(C)C. The summed E-state index contributed by atoms with van der Waals surface area (Å²) in [6.07, 6.45) is 0. The van der Waals surface area contributed by atoms with Gasteiger partial charge in [0, 0.05) is 0 Å². The summed E-state index contributed by atoms with van der Waals surface area (Å²) in [6.45, 7) is 7.56. The Kier molecular flexibility index (Phi) is 3.12. The molecule has 0 bridgehead atoms. The lowest BCUT2D eigenvalue weighted by atomic mass is 9.90. The van der Waals surface area contributed by atoms with Gasteiger partial charge < -0.3 is 0 Å². The van der Waals surface area contributed by atoms with Crippen molar-refractivity contribution in [3.05, 3.63) is 0 Å². The van der Waals surface area contributed by atoms with E-state index < -0.39 is 3.23 Å². The smallest absolute Gasteiger partial charge is 0.157 e. The minimum absolute atomic E-state index is 0.0972. The summed E-state index contributed by atoms with van der Waals surface area (Å²) in [5, 5.41) is 0. The summed E-state index contributed by atoms with van der Waals surface area (Å²) in [5.41, 5.74) is -0.0984. The number of Topliss-reactive ketones (excluding diaryl/α,β-unsaturated/α-hetero) is 1. The number of halogens is 2. The van der Waals surface area contributed by atoms with Crippen molar-refractivity contribution in [1.82, 2.24) is 0 Å². The fraction of sp³-hybridized carbons (Fsp3) is 0.857. The average molecular weight is 272 g/mol.